The van der Waals surface area contributed by atoms with Gasteiger partial charge in [0.1, 0.15) is 5.25 Å². The molecule has 2 N–H and O–H groups in total. The van der Waals surface area contributed by atoms with Gasteiger partial charge in [0.25, 0.3) is 10.0 Å². The van der Waals surface area contributed by atoms with E-state index in [-0.39, 0.29) is 10.8 Å². The van der Waals surface area contributed by atoms with Crippen molar-refractivity contribution in [3.8, 4) is 0 Å². The van der Waals surface area contributed by atoms with E-state index in [1.165, 1.54) is 23.1 Å². The Hall–Kier alpha value is -3.66. The summed E-state index contributed by atoms with van der Waals surface area (Å²) in [6.45, 7) is 3.93. The van der Waals surface area contributed by atoms with E-state index in [1.54, 1.807) is 48.5 Å². The molecule has 5 rings (SSSR count). The Morgan fingerprint density at radius 3 is 2.26 bits per heavy atom. The van der Waals surface area contributed by atoms with Crippen LogP contribution in [0.15, 0.2) is 107 Å². The quantitative estimate of drug-likeness (QED) is 0.197. The maximum atomic E-state index is 13.4. The molecular weight excluding hydrogens is 535 g/mol. The number of sulfonamides is 1. The van der Waals surface area contributed by atoms with Crippen LogP contribution in [0.25, 0.3) is 10.2 Å². The minimum absolute atomic E-state index is 0.180. The Labute approximate surface area is 230 Å². The van der Waals surface area contributed by atoms with Crippen LogP contribution in [0.5, 0.6) is 0 Å². The molecule has 5 aromatic rings. The Balaban J connectivity index is 1.34. The molecule has 1 amide bonds. The number of nitrogens with zero attached hydrogens (tertiary/aromatic N) is 1. The lowest BCUT2D eigenvalue weighted by Crippen LogP contribution is -2.18. The highest BCUT2D eigenvalue weighted by Gasteiger charge is 2.23. The molecule has 0 saturated carbocycles. The second kappa shape index (κ2) is 11.0. The van der Waals surface area contributed by atoms with E-state index in [0.717, 1.165) is 31.8 Å². The predicted octanol–water partition coefficient (Wildman–Crippen LogP) is 7.19. The third-order valence-electron chi connectivity index (χ3n) is 5.81. The van der Waals surface area contributed by atoms with E-state index in [2.05, 4.69) is 21.1 Å². The number of hydrogen-bond donors (Lipinski definition) is 2. The van der Waals surface area contributed by atoms with Crippen LogP contribution in [0.3, 0.4) is 0 Å². The molecule has 1 aromatic heterocycles. The summed E-state index contributed by atoms with van der Waals surface area (Å²) in [5.74, 6) is -0.180. The van der Waals surface area contributed by atoms with Crippen molar-refractivity contribution in [2.75, 3.05) is 10.0 Å². The molecule has 0 aliphatic carbocycles. The molecule has 1 heterocycles. The largest absolute Gasteiger partial charge is 0.301 e. The van der Waals surface area contributed by atoms with Crippen molar-refractivity contribution < 1.29 is 13.2 Å². The Bertz CT molecular complexity index is 1680. The van der Waals surface area contributed by atoms with Crippen LogP contribution in [0, 0.1) is 13.8 Å². The minimum Gasteiger partial charge on any atom is -0.301 e. The van der Waals surface area contributed by atoms with Gasteiger partial charge in [0.05, 0.1) is 15.1 Å². The van der Waals surface area contributed by atoms with Gasteiger partial charge in [0.2, 0.25) is 5.91 Å². The van der Waals surface area contributed by atoms with Gasteiger partial charge < -0.3 is 5.32 Å². The van der Waals surface area contributed by atoms with Crippen molar-refractivity contribution in [2.24, 2.45) is 0 Å². The lowest BCUT2D eigenvalue weighted by Gasteiger charge is -2.16. The normalized spacial score (nSPS) is 12.3. The highest BCUT2D eigenvalue weighted by Crippen LogP contribution is 2.37. The molecule has 9 heteroatoms. The number of hydrogen-bond acceptors (Lipinski definition) is 6. The molecule has 0 aliphatic heterocycles. The molecule has 0 aliphatic rings. The van der Waals surface area contributed by atoms with Crippen LogP contribution in [0.2, 0.25) is 0 Å². The lowest BCUT2D eigenvalue weighted by atomic mass is 10.1. The second-order valence-corrected chi connectivity index (χ2v) is 12.7. The number of aromatic nitrogens is 1. The molecule has 0 radical (unpaired) electrons. The Morgan fingerprint density at radius 2 is 1.55 bits per heavy atom. The number of aryl methyl sites for hydroxylation is 2. The molecular formula is C29H25N3O3S3. The monoisotopic (exact) mass is 559 g/mol. The zero-order valence-corrected chi connectivity index (χ0v) is 23.2. The standard InChI is InChI=1S/C29H25N3O3S3/c1-19-8-15-24(16-9-19)38(34,35)32-22-11-13-23(14-12-22)36-27(21-6-4-3-5-7-21)28(33)31-29-30-25-17-10-20(2)18-26(25)37-29/h3-18,27,32H,1-2H3,(H,30,31,33). The molecule has 6 nitrogen and oxygen atoms in total. The maximum absolute atomic E-state index is 13.4. The van der Waals surface area contributed by atoms with Gasteiger partial charge in [0.15, 0.2) is 5.13 Å². The number of rotatable bonds is 8. The van der Waals surface area contributed by atoms with Gasteiger partial charge in [0, 0.05) is 10.6 Å². The van der Waals surface area contributed by atoms with E-state index < -0.39 is 15.3 Å². The molecule has 0 spiro atoms. The Kier molecular flexibility index (Phi) is 7.51. The summed E-state index contributed by atoms with van der Waals surface area (Å²) in [5.41, 5.74) is 4.28. The summed E-state index contributed by atoms with van der Waals surface area (Å²) in [5, 5.41) is 3.02. The van der Waals surface area contributed by atoms with Gasteiger partial charge in [-0.3, -0.25) is 9.52 Å². The molecule has 192 valence electrons. The van der Waals surface area contributed by atoms with Gasteiger partial charge in [-0.15, -0.1) is 11.8 Å². The van der Waals surface area contributed by atoms with Crippen LogP contribution < -0.4 is 10.0 Å². The second-order valence-electron chi connectivity index (χ2n) is 8.83. The molecule has 1 unspecified atom stereocenters. The van der Waals surface area contributed by atoms with Crippen LogP contribution in [0.1, 0.15) is 21.9 Å². The van der Waals surface area contributed by atoms with Crippen molar-refractivity contribution in [2.45, 2.75) is 28.9 Å². The van der Waals surface area contributed by atoms with Gasteiger partial charge in [-0.05, 0) is 73.5 Å². The number of amides is 1. The van der Waals surface area contributed by atoms with Crippen LogP contribution in [0.4, 0.5) is 10.8 Å². The average molecular weight is 560 g/mol. The smallest absolute Gasteiger partial charge is 0.261 e. The van der Waals surface area contributed by atoms with Crippen molar-refractivity contribution in [1.82, 2.24) is 4.98 Å². The summed E-state index contributed by atoms with van der Waals surface area (Å²) >= 11 is 2.84. The SMILES string of the molecule is Cc1ccc(S(=O)(=O)Nc2ccc(SC(C(=O)Nc3nc4ccc(C)cc4s3)c3ccccc3)cc2)cc1. The molecule has 38 heavy (non-hydrogen) atoms. The van der Waals surface area contributed by atoms with Gasteiger partial charge in [-0.1, -0.05) is 65.4 Å². The van der Waals surface area contributed by atoms with Crippen molar-refractivity contribution in [3.05, 3.63) is 114 Å². The van der Waals surface area contributed by atoms with Crippen molar-refractivity contribution in [3.63, 3.8) is 0 Å². The highest BCUT2D eigenvalue weighted by atomic mass is 32.2. The maximum Gasteiger partial charge on any atom is 0.261 e. The zero-order chi connectivity index (χ0) is 26.7. The number of thiazole rings is 1. The fraction of sp³-hybridized carbons (Fsp3) is 0.103. The fourth-order valence-electron chi connectivity index (χ4n) is 3.83. The molecule has 0 bridgehead atoms. The lowest BCUT2D eigenvalue weighted by molar-refractivity contribution is -0.115. The van der Waals surface area contributed by atoms with Crippen molar-refractivity contribution in [1.29, 1.82) is 0 Å². The number of anilines is 2. The third-order valence-corrected chi connectivity index (χ3v) is 9.40. The first-order valence-electron chi connectivity index (χ1n) is 11.9. The Morgan fingerprint density at radius 1 is 0.868 bits per heavy atom. The van der Waals surface area contributed by atoms with E-state index in [1.807, 2.05) is 56.3 Å². The number of fused-ring (bicyclic) bond motifs is 1. The summed E-state index contributed by atoms with van der Waals surface area (Å²) < 4.78 is 29.1. The van der Waals surface area contributed by atoms with E-state index in [4.69, 9.17) is 0 Å². The summed E-state index contributed by atoms with van der Waals surface area (Å²) in [7, 11) is -3.70. The molecule has 0 saturated heterocycles. The topological polar surface area (TPSA) is 88.2 Å². The molecule has 1 atom stereocenters. The van der Waals surface area contributed by atoms with Gasteiger partial charge >= 0.3 is 0 Å². The van der Waals surface area contributed by atoms with E-state index in [9.17, 15) is 13.2 Å². The molecule has 0 fully saturated rings. The summed E-state index contributed by atoms with van der Waals surface area (Å²) in [4.78, 5) is 19.0. The number of thioether (sulfide) groups is 1. The first kappa shape index (κ1) is 26.0. The van der Waals surface area contributed by atoms with E-state index >= 15 is 0 Å². The summed E-state index contributed by atoms with van der Waals surface area (Å²) in [6, 6.07) is 29.3. The number of carbonyl (C=O) groups is 1. The summed E-state index contributed by atoms with van der Waals surface area (Å²) in [6.07, 6.45) is 0. The van der Waals surface area contributed by atoms with Gasteiger partial charge in [-0.2, -0.15) is 0 Å². The first-order chi connectivity index (χ1) is 18.3. The van der Waals surface area contributed by atoms with Crippen molar-refractivity contribution >= 4 is 60.1 Å². The van der Waals surface area contributed by atoms with Crippen LogP contribution >= 0.6 is 23.1 Å². The number of benzene rings is 4. The fourth-order valence-corrected chi connectivity index (χ4v) is 6.88. The first-order valence-corrected chi connectivity index (χ1v) is 15.0. The predicted molar refractivity (Wildman–Crippen MR) is 156 cm³/mol. The third kappa shape index (κ3) is 6.07. The van der Waals surface area contributed by atoms with Crippen LogP contribution in [-0.4, -0.2) is 19.3 Å². The number of nitrogens with one attached hydrogen (secondary N) is 2. The average Bonchev–Trinajstić information content (AvgIpc) is 3.30. The van der Waals surface area contributed by atoms with Gasteiger partial charge in [-0.25, -0.2) is 13.4 Å². The molecule has 4 aromatic carbocycles. The highest BCUT2D eigenvalue weighted by molar-refractivity contribution is 8.00. The van der Waals surface area contributed by atoms with Crippen LogP contribution in [-0.2, 0) is 14.8 Å². The van der Waals surface area contributed by atoms with E-state index in [0.29, 0.717) is 10.8 Å². The zero-order valence-electron chi connectivity index (χ0n) is 20.7. The minimum atomic E-state index is -3.70. The number of carbonyl (C=O) groups excluding carboxylic acids is 1.